The minimum Gasteiger partial charge on any atom is -0.465 e. The number of H-pyrrole nitrogens is 2. The second-order valence-corrected chi connectivity index (χ2v) is 14.4. The zero-order chi connectivity index (χ0) is 34.6. The fraction of sp³-hybridized carbons (Fsp3) is 0.300. The summed E-state index contributed by atoms with van der Waals surface area (Å²) in [6.07, 6.45) is 3.98. The summed E-state index contributed by atoms with van der Waals surface area (Å²) in [7, 11) is 0. The molecule has 2 aliphatic rings. The van der Waals surface area contributed by atoms with Gasteiger partial charge in [-0.2, -0.15) is 0 Å². The molecule has 0 aliphatic carbocycles. The Morgan fingerprint density at radius 2 is 1.32 bits per heavy atom. The van der Waals surface area contributed by atoms with Crippen molar-refractivity contribution in [2.24, 2.45) is 0 Å². The van der Waals surface area contributed by atoms with Gasteiger partial charge in [0.1, 0.15) is 17.2 Å². The lowest BCUT2D eigenvalue weighted by molar-refractivity contribution is 0.0219. The second kappa shape index (κ2) is 12.4. The first-order valence-electron chi connectivity index (χ1n) is 17.3. The largest absolute Gasteiger partial charge is 0.465 e. The molecule has 0 spiro atoms. The summed E-state index contributed by atoms with van der Waals surface area (Å²) in [5, 5.41) is 11.8. The molecular weight excluding hydrogens is 628 g/mol. The van der Waals surface area contributed by atoms with E-state index in [1.807, 2.05) is 26.8 Å². The number of carbonyl (C=O) groups excluding carboxylic acids is 1. The quantitative estimate of drug-likeness (QED) is 0.168. The molecule has 10 nitrogen and oxygen atoms in total. The van der Waals surface area contributed by atoms with Crippen LogP contribution in [0.25, 0.3) is 55.3 Å². The highest BCUT2D eigenvalue weighted by atomic mass is 16.6. The van der Waals surface area contributed by atoms with Crippen molar-refractivity contribution >= 4 is 34.0 Å². The molecule has 2 fully saturated rings. The van der Waals surface area contributed by atoms with Gasteiger partial charge in [0.15, 0.2) is 0 Å². The third-order valence-corrected chi connectivity index (χ3v) is 9.81. The maximum absolute atomic E-state index is 12.9. The number of nitrogens with one attached hydrogen (secondary N) is 2. The number of aromatic nitrogens is 4. The van der Waals surface area contributed by atoms with Crippen molar-refractivity contribution in [3.8, 4) is 33.5 Å². The maximum Gasteiger partial charge on any atom is 0.410 e. The van der Waals surface area contributed by atoms with E-state index in [2.05, 4.69) is 87.7 Å². The third kappa shape index (κ3) is 6.06. The Hall–Kier alpha value is -5.64. The van der Waals surface area contributed by atoms with E-state index in [-0.39, 0.29) is 18.2 Å². The number of aromatic amines is 2. The molecule has 2 atom stereocenters. The monoisotopic (exact) mass is 668 g/mol. The fourth-order valence-electron chi connectivity index (χ4n) is 7.34. The lowest BCUT2D eigenvalue weighted by Crippen LogP contribution is -2.36. The lowest BCUT2D eigenvalue weighted by Gasteiger charge is -2.27. The Kier molecular flexibility index (Phi) is 7.81. The van der Waals surface area contributed by atoms with Crippen LogP contribution in [0.5, 0.6) is 0 Å². The molecular formula is C40H40N6O4. The fourth-order valence-corrected chi connectivity index (χ4v) is 7.34. The summed E-state index contributed by atoms with van der Waals surface area (Å²) in [5.41, 5.74) is 7.61. The van der Waals surface area contributed by atoms with E-state index in [1.54, 1.807) is 11.1 Å². The number of carbonyl (C=O) groups is 2. The Balaban J connectivity index is 0.990. The number of amides is 2. The van der Waals surface area contributed by atoms with Gasteiger partial charge in [-0.15, -0.1) is 0 Å². The number of likely N-dealkylation sites (tertiary alicyclic amines) is 2. The van der Waals surface area contributed by atoms with Crippen molar-refractivity contribution in [3.63, 3.8) is 0 Å². The van der Waals surface area contributed by atoms with Gasteiger partial charge in [-0.05, 0) is 109 Å². The molecule has 1 unspecified atom stereocenters. The van der Waals surface area contributed by atoms with E-state index in [1.165, 1.54) is 4.90 Å². The number of rotatable bonds is 5. The molecule has 0 bridgehead atoms. The molecule has 4 heterocycles. The standard InChI is InChI=1S/C40H40N6O4/c1-40(2,3)50-39(49)46-19-5-7-35(46)37-42-31-17-16-30(22-32(31)43-37)29-15-14-27-20-26(12-13-28(27)21-29)24-8-10-25(11-9-24)33-23-41-36(44-33)34-6-4-18-45(34)38(47)48/h8-17,20-23,34-35H,4-7,18-19H2,1-3H3,(H,41,44)(H,42,43)(H,47,48)/t34?,35-/m0/s1. The van der Waals surface area contributed by atoms with Gasteiger partial charge in [-0.3, -0.25) is 9.80 Å². The average Bonchev–Trinajstić information content (AvgIpc) is 3.92. The van der Waals surface area contributed by atoms with Crippen molar-refractivity contribution in [2.45, 2.75) is 64.1 Å². The molecule has 4 aromatic carbocycles. The molecule has 2 amide bonds. The number of carboxylic acid groups (broad SMARTS) is 1. The van der Waals surface area contributed by atoms with E-state index in [4.69, 9.17) is 9.72 Å². The summed E-state index contributed by atoms with van der Waals surface area (Å²) in [6, 6.07) is 27.3. The average molecular weight is 669 g/mol. The van der Waals surface area contributed by atoms with E-state index >= 15 is 0 Å². The summed E-state index contributed by atoms with van der Waals surface area (Å²) >= 11 is 0. The predicted molar refractivity (Wildman–Crippen MR) is 194 cm³/mol. The minimum absolute atomic E-state index is 0.126. The van der Waals surface area contributed by atoms with Crippen molar-refractivity contribution in [1.82, 2.24) is 29.7 Å². The Morgan fingerprint density at radius 3 is 2.00 bits per heavy atom. The normalized spacial score (nSPS) is 18.0. The molecule has 2 saturated heterocycles. The molecule has 50 heavy (non-hydrogen) atoms. The van der Waals surface area contributed by atoms with Gasteiger partial charge in [0.2, 0.25) is 0 Å². The second-order valence-electron chi connectivity index (χ2n) is 14.4. The van der Waals surface area contributed by atoms with Gasteiger partial charge in [-0.1, -0.05) is 54.6 Å². The van der Waals surface area contributed by atoms with Crippen LogP contribution in [-0.4, -0.2) is 65.7 Å². The number of fused-ring (bicyclic) bond motifs is 2. The first-order valence-corrected chi connectivity index (χ1v) is 17.3. The molecule has 8 rings (SSSR count). The van der Waals surface area contributed by atoms with Crippen LogP contribution >= 0.6 is 0 Å². The maximum atomic E-state index is 12.9. The van der Waals surface area contributed by atoms with Crippen LogP contribution in [0, 0.1) is 0 Å². The molecule has 0 saturated carbocycles. The Labute approximate surface area is 290 Å². The Morgan fingerprint density at radius 1 is 0.740 bits per heavy atom. The smallest absolute Gasteiger partial charge is 0.410 e. The highest BCUT2D eigenvalue weighted by molar-refractivity contribution is 5.92. The topological polar surface area (TPSA) is 127 Å². The number of benzene rings is 4. The summed E-state index contributed by atoms with van der Waals surface area (Å²) in [5.74, 6) is 1.49. The van der Waals surface area contributed by atoms with Crippen LogP contribution in [0.2, 0.25) is 0 Å². The van der Waals surface area contributed by atoms with E-state index in [0.29, 0.717) is 18.9 Å². The first kappa shape index (κ1) is 31.6. The lowest BCUT2D eigenvalue weighted by atomic mass is 9.97. The number of hydrogen-bond acceptors (Lipinski definition) is 5. The molecule has 2 aromatic heterocycles. The summed E-state index contributed by atoms with van der Waals surface area (Å²) in [4.78, 5) is 44.0. The van der Waals surface area contributed by atoms with Crippen molar-refractivity contribution < 1.29 is 19.4 Å². The van der Waals surface area contributed by atoms with Crippen molar-refractivity contribution in [3.05, 3.63) is 96.7 Å². The van der Waals surface area contributed by atoms with E-state index < -0.39 is 11.7 Å². The van der Waals surface area contributed by atoms with Gasteiger partial charge in [-0.25, -0.2) is 19.6 Å². The zero-order valence-electron chi connectivity index (χ0n) is 28.4. The van der Waals surface area contributed by atoms with Gasteiger partial charge in [0, 0.05) is 13.1 Å². The van der Waals surface area contributed by atoms with Crippen LogP contribution in [-0.2, 0) is 4.74 Å². The summed E-state index contributed by atoms with van der Waals surface area (Å²) in [6.45, 7) is 6.87. The summed E-state index contributed by atoms with van der Waals surface area (Å²) < 4.78 is 5.66. The van der Waals surface area contributed by atoms with Crippen LogP contribution in [0.15, 0.2) is 85.1 Å². The zero-order valence-corrected chi connectivity index (χ0v) is 28.4. The number of imidazole rings is 2. The highest BCUT2D eigenvalue weighted by Crippen LogP contribution is 2.35. The van der Waals surface area contributed by atoms with Crippen LogP contribution in [0.3, 0.4) is 0 Å². The van der Waals surface area contributed by atoms with Gasteiger partial charge in [0.05, 0.1) is 35.0 Å². The SMILES string of the molecule is CC(C)(C)OC(=O)N1CCC[C@H]1c1nc2ccc(-c3ccc4cc(-c5ccc(-c6cnc(C7CCCN7C(=O)O)[nH]6)cc5)ccc4c3)cc2[nH]1. The van der Waals surface area contributed by atoms with Crippen LogP contribution in [0.4, 0.5) is 9.59 Å². The molecule has 0 radical (unpaired) electrons. The molecule has 2 aliphatic heterocycles. The van der Waals surface area contributed by atoms with Crippen molar-refractivity contribution in [2.75, 3.05) is 13.1 Å². The van der Waals surface area contributed by atoms with Crippen molar-refractivity contribution in [1.29, 1.82) is 0 Å². The third-order valence-electron chi connectivity index (χ3n) is 9.81. The molecule has 3 N–H and O–H groups in total. The number of nitrogens with zero attached hydrogens (tertiary/aromatic N) is 4. The van der Waals surface area contributed by atoms with Gasteiger partial charge in [0.25, 0.3) is 0 Å². The number of hydrogen-bond donors (Lipinski definition) is 3. The number of ether oxygens (including phenoxy) is 1. The predicted octanol–water partition coefficient (Wildman–Crippen LogP) is 9.33. The van der Waals surface area contributed by atoms with Crippen LogP contribution < -0.4 is 0 Å². The van der Waals surface area contributed by atoms with E-state index in [9.17, 15) is 14.7 Å². The Bertz CT molecular complexity index is 2230. The highest BCUT2D eigenvalue weighted by Gasteiger charge is 2.35. The molecule has 10 heteroatoms. The van der Waals surface area contributed by atoms with E-state index in [0.717, 1.165) is 86.8 Å². The molecule has 254 valence electrons. The first-order chi connectivity index (χ1) is 24.1. The van der Waals surface area contributed by atoms with Gasteiger partial charge >= 0.3 is 12.2 Å². The van der Waals surface area contributed by atoms with Crippen LogP contribution in [0.1, 0.15) is 70.2 Å². The molecule has 6 aromatic rings. The minimum atomic E-state index is -0.902. The van der Waals surface area contributed by atoms with Gasteiger partial charge < -0.3 is 19.8 Å².